The van der Waals surface area contributed by atoms with E-state index in [0.29, 0.717) is 12.0 Å². The molecule has 0 saturated carbocycles. The number of carbonyl (C=O) groups is 2. The Morgan fingerprint density at radius 3 is 2.52 bits per heavy atom. The van der Waals surface area contributed by atoms with Crippen LogP contribution < -0.4 is 5.32 Å². The first-order chi connectivity index (χ1) is 9.78. The summed E-state index contributed by atoms with van der Waals surface area (Å²) in [5.41, 5.74) is 0.750. The van der Waals surface area contributed by atoms with Crippen molar-refractivity contribution in [1.29, 1.82) is 0 Å². The summed E-state index contributed by atoms with van der Waals surface area (Å²) in [5.74, 6) is -1.96. The van der Waals surface area contributed by atoms with Gasteiger partial charge in [-0.3, -0.25) is 4.79 Å². The van der Waals surface area contributed by atoms with Crippen LogP contribution in [0.3, 0.4) is 0 Å². The highest BCUT2D eigenvalue weighted by Gasteiger charge is 2.29. The van der Waals surface area contributed by atoms with Gasteiger partial charge in [-0.2, -0.15) is 13.2 Å². The van der Waals surface area contributed by atoms with Crippen LogP contribution in [-0.4, -0.2) is 23.2 Å². The van der Waals surface area contributed by atoms with Crippen LogP contribution in [0.1, 0.15) is 46.5 Å². The highest BCUT2D eigenvalue weighted by atomic mass is 32.1. The lowest BCUT2D eigenvalue weighted by molar-refractivity contribution is -0.142. The largest absolute Gasteiger partial charge is 0.478 e. The summed E-state index contributed by atoms with van der Waals surface area (Å²) in [6, 6.07) is 0. The van der Waals surface area contributed by atoms with Gasteiger partial charge in [0.25, 0.3) is 0 Å². The summed E-state index contributed by atoms with van der Waals surface area (Å²) in [6.07, 6.45) is -3.11. The fourth-order valence-corrected chi connectivity index (χ4v) is 3.62. The van der Waals surface area contributed by atoms with Gasteiger partial charge in [0.1, 0.15) is 5.00 Å². The molecule has 1 aromatic rings. The Hall–Kier alpha value is -1.57. The van der Waals surface area contributed by atoms with Gasteiger partial charge in [-0.25, -0.2) is 4.79 Å². The van der Waals surface area contributed by atoms with Crippen molar-refractivity contribution in [2.75, 3.05) is 5.32 Å². The molecule has 116 valence electrons. The molecule has 1 aromatic heterocycles. The Kier molecular flexibility index (Phi) is 4.55. The summed E-state index contributed by atoms with van der Waals surface area (Å²) in [5, 5.41) is 11.7. The van der Waals surface area contributed by atoms with Crippen molar-refractivity contribution in [3.63, 3.8) is 0 Å². The zero-order valence-corrected chi connectivity index (χ0v) is 11.9. The minimum atomic E-state index is -4.40. The second kappa shape index (κ2) is 6.05. The Balaban J connectivity index is 2.14. The van der Waals surface area contributed by atoms with E-state index in [1.165, 1.54) is 0 Å². The van der Waals surface area contributed by atoms with E-state index in [4.69, 9.17) is 0 Å². The van der Waals surface area contributed by atoms with Crippen molar-refractivity contribution >= 4 is 28.2 Å². The fraction of sp³-hybridized carbons (Fsp3) is 0.538. The number of amides is 1. The number of hydrogen-bond acceptors (Lipinski definition) is 3. The van der Waals surface area contributed by atoms with Crippen LogP contribution in [0.4, 0.5) is 18.2 Å². The number of aromatic carboxylic acids is 1. The average Bonchev–Trinajstić information content (AvgIpc) is 2.73. The third-order valence-corrected chi connectivity index (χ3v) is 4.48. The number of halogens is 3. The van der Waals surface area contributed by atoms with Gasteiger partial charge in [0.2, 0.25) is 5.91 Å². The lowest BCUT2D eigenvalue weighted by Crippen LogP contribution is -2.17. The minimum absolute atomic E-state index is 0.0371. The van der Waals surface area contributed by atoms with E-state index in [2.05, 4.69) is 5.32 Å². The number of fused-ring (bicyclic) bond motifs is 1. The summed E-state index contributed by atoms with van der Waals surface area (Å²) in [4.78, 5) is 23.8. The Bertz CT molecular complexity index is 566. The normalized spacial score (nSPS) is 14.6. The highest BCUT2D eigenvalue weighted by molar-refractivity contribution is 7.17. The van der Waals surface area contributed by atoms with Crippen LogP contribution in [0, 0.1) is 0 Å². The molecule has 1 heterocycles. The number of aryl methyl sites for hydroxylation is 1. The molecule has 8 heteroatoms. The van der Waals surface area contributed by atoms with Crippen molar-refractivity contribution in [3.05, 3.63) is 16.0 Å². The third-order valence-electron chi connectivity index (χ3n) is 3.27. The molecular weight excluding hydrogens is 307 g/mol. The topological polar surface area (TPSA) is 66.4 Å². The number of carbonyl (C=O) groups excluding carboxylic acids is 1. The molecule has 2 rings (SSSR count). The maximum absolute atomic E-state index is 12.1. The van der Waals surface area contributed by atoms with Crippen molar-refractivity contribution in [3.8, 4) is 0 Å². The molecule has 2 N–H and O–H groups in total. The number of nitrogens with one attached hydrogen (secondary N) is 1. The summed E-state index contributed by atoms with van der Waals surface area (Å²) >= 11 is 1.16. The number of carboxylic acid groups (broad SMARTS) is 1. The molecule has 1 aliphatic rings. The van der Waals surface area contributed by atoms with Gasteiger partial charge < -0.3 is 10.4 Å². The second-order valence-electron chi connectivity index (χ2n) is 4.88. The minimum Gasteiger partial charge on any atom is -0.478 e. The maximum Gasteiger partial charge on any atom is 0.389 e. The van der Waals surface area contributed by atoms with Crippen LogP contribution in [0.5, 0.6) is 0 Å². The zero-order valence-electron chi connectivity index (χ0n) is 11.0. The molecule has 21 heavy (non-hydrogen) atoms. The maximum atomic E-state index is 12.1. The number of thiophene rings is 1. The van der Waals surface area contributed by atoms with Crippen LogP contribution in [-0.2, 0) is 17.6 Å². The standard InChI is InChI=1S/C13H14F3NO3S/c14-13(15,16)6-5-9(18)17-11-10(12(19)20)7-3-1-2-4-8(7)21-11/h1-6H2,(H,17,18)(H,19,20). The Labute approximate surface area is 123 Å². The summed E-state index contributed by atoms with van der Waals surface area (Å²) in [7, 11) is 0. The van der Waals surface area contributed by atoms with Gasteiger partial charge in [-0.1, -0.05) is 0 Å². The van der Waals surface area contributed by atoms with Gasteiger partial charge in [-0.15, -0.1) is 11.3 Å². The van der Waals surface area contributed by atoms with E-state index >= 15 is 0 Å². The molecule has 0 radical (unpaired) electrons. The van der Waals surface area contributed by atoms with Crippen molar-refractivity contribution in [1.82, 2.24) is 0 Å². The average molecular weight is 321 g/mol. The lowest BCUT2D eigenvalue weighted by Gasteiger charge is -2.10. The molecule has 0 unspecified atom stereocenters. The monoisotopic (exact) mass is 321 g/mol. The molecular formula is C13H14F3NO3S. The van der Waals surface area contributed by atoms with E-state index in [-0.39, 0.29) is 10.6 Å². The predicted octanol–water partition coefficient (Wildman–Crippen LogP) is 3.61. The number of alkyl halides is 3. The third kappa shape index (κ3) is 3.96. The van der Waals surface area contributed by atoms with Crippen molar-refractivity contribution < 1.29 is 27.9 Å². The molecule has 0 saturated heterocycles. The summed E-state index contributed by atoms with van der Waals surface area (Å²) < 4.78 is 36.2. The lowest BCUT2D eigenvalue weighted by atomic mass is 9.95. The zero-order chi connectivity index (χ0) is 15.6. The first-order valence-corrected chi connectivity index (χ1v) is 7.34. The molecule has 1 aliphatic carbocycles. The molecule has 0 aliphatic heterocycles. The van der Waals surface area contributed by atoms with Crippen LogP contribution in [0.25, 0.3) is 0 Å². The molecule has 1 amide bonds. The quantitative estimate of drug-likeness (QED) is 0.890. The Morgan fingerprint density at radius 1 is 1.24 bits per heavy atom. The number of hydrogen-bond donors (Lipinski definition) is 2. The van der Waals surface area contributed by atoms with E-state index < -0.39 is 30.9 Å². The SMILES string of the molecule is O=C(CCC(F)(F)F)Nc1sc2c(c1C(=O)O)CCCC2. The second-order valence-corrected chi connectivity index (χ2v) is 5.99. The smallest absolute Gasteiger partial charge is 0.389 e. The molecule has 4 nitrogen and oxygen atoms in total. The van der Waals surface area contributed by atoms with Crippen molar-refractivity contribution in [2.24, 2.45) is 0 Å². The van der Waals surface area contributed by atoms with Crippen LogP contribution >= 0.6 is 11.3 Å². The predicted molar refractivity (Wildman–Crippen MR) is 71.8 cm³/mol. The highest BCUT2D eigenvalue weighted by Crippen LogP contribution is 2.38. The van der Waals surface area contributed by atoms with Crippen LogP contribution in [0.2, 0.25) is 0 Å². The molecule has 0 atom stereocenters. The summed E-state index contributed by atoms with van der Waals surface area (Å²) in [6.45, 7) is 0. The van der Waals surface area contributed by atoms with Gasteiger partial charge in [-0.05, 0) is 31.2 Å². The molecule has 0 fully saturated rings. The van der Waals surface area contributed by atoms with Gasteiger partial charge in [0, 0.05) is 11.3 Å². The van der Waals surface area contributed by atoms with Gasteiger partial charge in [0.05, 0.1) is 12.0 Å². The van der Waals surface area contributed by atoms with E-state index in [0.717, 1.165) is 35.5 Å². The van der Waals surface area contributed by atoms with Crippen LogP contribution in [0.15, 0.2) is 0 Å². The number of anilines is 1. The molecule has 0 spiro atoms. The van der Waals surface area contributed by atoms with E-state index in [1.807, 2.05) is 0 Å². The number of carboxylic acids is 1. The van der Waals surface area contributed by atoms with Gasteiger partial charge >= 0.3 is 12.1 Å². The van der Waals surface area contributed by atoms with Crippen molar-refractivity contribution in [2.45, 2.75) is 44.7 Å². The molecule has 0 bridgehead atoms. The Morgan fingerprint density at radius 2 is 1.90 bits per heavy atom. The first-order valence-electron chi connectivity index (χ1n) is 6.52. The van der Waals surface area contributed by atoms with E-state index in [9.17, 15) is 27.9 Å². The van der Waals surface area contributed by atoms with Gasteiger partial charge in [0.15, 0.2) is 0 Å². The first kappa shape index (κ1) is 15.8. The fourth-order valence-electron chi connectivity index (χ4n) is 2.32. The number of rotatable bonds is 4. The van der Waals surface area contributed by atoms with E-state index in [1.54, 1.807) is 0 Å². The molecule has 0 aromatic carbocycles.